The molecule has 2 aromatic rings. The summed E-state index contributed by atoms with van der Waals surface area (Å²) >= 11 is 0. The summed E-state index contributed by atoms with van der Waals surface area (Å²) in [5, 5.41) is 28.4. The molecule has 2 N–H and O–H groups in total. The number of methoxy groups -OCH3 is 2. The third kappa shape index (κ3) is 5.67. The molecule has 0 fully saturated rings. The number of benzene rings is 2. The molecule has 30 heavy (non-hydrogen) atoms. The Balaban J connectivity index is 0.00000218. The molecule has 0 aliphatic heterocycles. The minimum atomic E-state index is -1.21. The van der Waals surface area contributed by atoms with Crippen molar-refractivity contribution in [1.29, 1.82) is 5.26 Å². The van der Waals surface area contributed by atoms with Crippen LogP contribution in [0.2, 0.25) is 0 Å². The summed E-state index contributed by atoms with van der Waals surface area (Å²) in [6.45, 7) is 1.55. The zero-order valence-electron chi connectivity index (χ0n) is 17.0. The number of nitrogens with zero attached hydrogens (tertiary/aromatic N) is 1. The van der Waals surface area contributed by atoms with E-state index in [1.54, 1.807) is 45.4 Å². The van der Waals surface area contributed by atoms with Gasteiger partial charge in [0.2, 0.25) is 0 Å². The number of aliphatic hydroxyl groups is 1. The fraction of sp³-hybridized carbons (Fsp3) is 0.167. The maximum atomic E-state index is 11.3. The van der Waals surface area contributed by atoms with E-state index in [1.807, 2.05) is 12.1 Å². The number of carboxylic acid groups (broad SMARTS) is 1. The fourth-order valence-corrected chi connectivity index (χ4v) is 2.74. The highest BCUT2D eigenvalue weighted by Gasteiger charge is 2.13. The van der Waals surface area contributed by atoms with Crippen molar-refractivity contribution in [2.45, 2.75) is 13.3 Å². The summed E-state index contributed by atoms with van der Waals surface area (Å²) < 4.78 is 10.6. The number of aliphatic carboxylic acids is 1. The van der Waals surface area contributed by atoms with Gasteiger partial charge in [-0.2, -0.15) is 5.26 Å². The van der Waals surface area contributed by atoms with Gasteiger partial charge in [-0.1, -0.05) is 24.3 Å². The van der Waals surface area contributed by atoms with Gasteiger partial charge in [0.25, 0.3) is 0 Å². The van der Waals surface area contributed by atoms with Gasteiger partial charge in [0.15, 0.2) is 11.5 Å². The van der Waals surface area contributed by atoms with Crippen LogP contribution < -0.4 is 9.47 Å². The number of nitriles is 1. The standard InChI is InChI=1S/C22H21NO5.C2H2/c1-4-19(24)18(22(25)26)9-6-14-5-8-17(16(11-14)13-23)15-7-10-20(27-2)21(12-15)28-3;1-2/h4-5,7-12,24H,6H2,1-3H3,(H,25,26);1-2H/b18-9+,19-4+;. The van der Waals surface area contributed by atoms with Crippen molar-refractivity contribution in [1.82, 2.24) is 0 Å². The SMILES string of the molecule is C#C.C/C=C(O)\C(=C/Cc1ccc(-c2ccc(OC)c(OC)c2)c(C#N)c1)C(=O)O. The molecule has 0 atom stereocenters. The second-order valence-corrected chi connectivity index (χ2v) is 5.86. The molecule has 0 spiro atoms. The molecular weight excluding hydrogens is 382 g/mol. The number of carboxylic acids is 1. The van der Waals surface area contributed by atoms with Gasteiger partial charge < -0.3 is 19.7 Å². The van der Waals surface area contributed by atoms with E-state index in [0.717, 1.165) is 16.7 Å². The molecule has 0 saturated heterocycles. The van der Waals surface area contributed by atoms with Gasteiger partial charge in [-0.3, -0.25) is 0 Å². The molecule has 0 aliphatic rings. The Labute approximate surface area is 176 Å². The first kappa shape index (κ1) is 23.9. The summed E-state index contributed by atoms with van der Waals surface area (Å²) in [4.78, 5) is 11.3. The molecule has 0 aromatic heterocycles. The van der Waals surface area contributed by atoms with Crippen LogP contribution in [0.3, 0.4) is 0 Å². The molecule has 0 amide bonds. The predicted molar refractivity (Wildman–Crippen MR) is 115 cm³/mol. The van der Waals surface area contributed by atoms with Crippen molar-refractivity contribution >= 4 is 5.97 Å². The van der Waals surface area contributed by atoms with E-state index < -0.39 is 5.97 Å². The van der Waals surface area contributed by atoms with Gasteiger partial charge in [-0.15, -0.1) is 12.8 Å². The number of aliphatic hydroxyl groups excluding tert-OH is 1. The third-order valence-corrected chi connectivity index (χ3v) is 4.22. The lowest BCUT2D eigenvalue weighted by atomic mass is 9.96. The predicted octanol–water partition coefficient (Wildman–Crippen LogP) is 4.51. The molecule has 2 aromatic carbocycles. The summed E-state index contributed by atoms with van der Waals surface area (Å²) in [5.41, 5.74) is 2.55. The molecule has 6 nitrogen and oxygen atoms in total. The highest BCUT2D eigenvalue weighted by molar-refractivity contribution is 5.90. The van der Waals surface area contributed by atoms with Crippen LogP contribution in [0.15, 0.2) is 59.9 Å². The van der Waals surface area contributed by atoms with E-state index in [4.69, 9.17) is 9.47 Å². The lowest BCUT2D eigenvalue weighted by Crippen LogP contribution is -2.04. The van der Waals surface area contributed by atoms with Crippen LogP contribution in [0.1, 0.15) is 18.1 Å². The molecule has 0 bridgehead atoms. The van der Waals surface area contributed by atoms with E-state index in [1.165, 1.54) is 12.2 Å². The van der Waals surface area contributed by atoms with Crippen LogP contribution in [0, 0.1) is 24.2 Å². The Morgan fingerprint density at radius 1 is 1.10 bits per heavy atom. The van der Waals surface area contributed by atoms with E-state index in [9.17, 15) is 20.3 Å². The molecule has 0 radical (unpaired) electrons. The monoisotopic (exact) mass is 405 g/mol. The summed E-state index contributed by atoms with van der Waals surface area (Å²) in [6.07, 6.45) is 11.0. The maximum absolute atomic E-state index is 11.3. The normalized spacial score (nSPS) is 10.9. The Hall–Kier alpha value is -4.16. The number of hydrogen-bond acceptors (Lipinski definition) is 5. The molecule has 2 rings (SSSR count). The molecule has 0 aliphatic carbocycles. The van der Waals surface area contributed by atoms with E-state index in [2.05, 4.69) is 18.9 Å². The van der Waals surface area contributed by atoms with Crippen molar-refractivity contribution in [3.63, 3.8) is 0 Å². The zero-order valence-corrected chi connectivity index (χ0v) is 17.0. The average molecular weight is 405 g/mol. The van der Waals surface area contributed by atoms with Crippen molar-refractivity contribution in [3.8, 4) is 41.5 Å². The van der Waals surface area contributed by atoms with Crippen molar-refractivity contribution in [3.05, 3.63) is 71.0 Å². The lowest BCUT2D eigenvalue weighted by Gasteiger charge is -2.11. The minimum absolute atomic E-state index is 0.176. The first-order valence-corrected chi connectivity index (χ1v) is 8.83. The maximum Gasteiger partial charge on any atom is 0.339 e. The van der Waals surface area contributed by atoms with Gasteiger partial charge >= 0.3 is 5.97 Å². The summed E-state index contributed by atoms with van der Waals surface area (Å²) in [7, 11) is 3.10. The van der Waals surface area contributed by atoms with Crippen molar-refractivity contribution in [2.75, 3.05) is 14.2 Å². The molecule has 0 heterocycles. The van der Waals surface area contributed by atoms with Crippen LogP contribution >= 0.6 is 0 Å². The zero-order chi connectivity index (χ0) is 22.7. The highest BCUT2D eigenvalue weighted by Crippen LogP contribution is 2.34. The Bertz CT molecular complexity index is 1030. The highest BCUT2D eigenvalue weighted by atomic mass is 16.5. The second-order valence-electron chi connectivity index (χ2n) is 5.86. The first-order chi connectivity index (χ1) is 14.4. The third-order valence-electron chi connectivity index (χ3n) is 4.22. The second kappa shape index (κ2) is 11.6. The van der Waals surface area contributed by atoms with Crippen LogP contribution in [0.4, 0.5) is 0 Å². The lowest BCUT2D eigenvalue weighted by molar-refractivity contribution is -0.132. The molecule has 0 saturated carbocycles. The Morgan fingerprint density at radius 3 is 2.30 bits per heavy atom. The van der Waals surface area contributed by atoms with Crippen LogP contribution in [-0.2, 0) is 11.2 Å². The van der Waals surface area contributed by atoms with E-state index >= 15 is 0 Å². The van der Waals surface area contributed by atoms with Crippen molar-refractivity contribution < 1.29 is 24.5 Å². The van der Waals surface area contributed by atoms with Gasteiger partial charge in [0.1, 0.15) is 5.76 Å². The van der Waals surface area contributed by atoms with Crippen LogP contribution in [0.25, 0.3) is 11.1 Å². The number of hydrogen-bond donors (Lipinski definition) is 2. The molecule has 154 valence electrons. The Morgan fingerprint density at radius 2 is 1.77 bits per heavy atom. The van der Waals surface area contributed by atoms with Gasteiger partial charge in [-0.05, 0) is 54.3 Å². The smallest absolute Gasteiger partial charge is 0.339 e. The van der Waals surface area contributed by atoms with Crippen molar-refractivity contribution in [2.24, 2.45) is 0 Å². The average Bonchev–Trinajstić information content (AvgIpc) is 2.79. The minimum Gasteiger partial charge on any atom is -0.507 e. The van der Waals surface area contributed by atoms with Gasteiger partial charge in [0.05, 0.1) is 31.4 Å². The molecule has 0 unspecified atom stereocenters. The van der Waals surface area contributed by atoms with Gasteiger partial charge in [0, 0.05) is 0 Å². The van der Waals surface area contributed by atoms with E-state index in [0.29, 0.717) is 17.1 Å². The fourth-order valence-electron chi connectivity index (χ4n) is 2.74. The number of rotatable bonds is 7. The van der Waals surface area contributed by atoms with Crippen LogP contribution in [0.5, 0.6) is 11.5 Å². The van der Waals surface area contributed by atoms with Crippen LogP contribution in [-0.4, -0.2) is 30.4 Å². The Kier molecular flexibility index (Phi) is 9.26. The number of carbonyl (C=O) groups is 1. The topological polar surface area (TPSA) is 99.8 Å². The molecular formula is C24H23NO5. The number of ether oxygens (including phenoxy) is 2. The molecule has 6 heteroatoms. The number of terminal acetylenes is 1. The summed E-state index contributed by atoms with van der Waals surface area (Å²) in [6, 6.07) is 12.9. The largest absolute Gasteiger partial charge is 0.507 e. The first-order valence-electron chi connectivity index (χ1n) is 8.83. The summed E-state index contributed by atoms with van der Waals surface area (Å²) in [5.74, 6) is -0.353. The quantitative estimate of drug-likeness (QED) is 0.304. The van der Waals surface area contributed by atoms with Gasteiger partial charge in [-0.25, -0.2) is 4.79 Å². The number of allylic oxidation sites excluding steroid dienone is 2. The van der Waals surface area contributed by atoms with E-state index in [-0.39, 0.29) is 17.8 Å².